The lowest BCUT2D eigenvalue weighted by atomic mass is 9.91. The molecule has 2 nitrogen and oxygen atoms in total. The molecule has 2 aliphatic heterocycles. The van der Waals surface area contributed by atoms with Crippen molar-refractivity contribution in [2.24, 2.45) is 4.99 Å². The summed E-state index contributed by atoms with van der Waals surface area (Å²) >= 11 is 7.67. The summed E-state index contributed by atoms with van der Waals surface area (Å²) < 4.78 is 0. The number of allylic oxidation sites excluding steroid dienone is 1. The molecule has 0 N–H and O–H groups in total. The molecular weight excluding hydrogens is 251 g/mol. The van der Waals surface area contributed by atoms with Gasteiger partial charge in [-0.05, 0) is 18.2 Å². The fourth-order valence-corrected chi connectivity index (χ4v) is 3.88. The van der Waals surface area contributed by atoms with Gasteiger partial charge in [0.15, 0.2) is 5.17 Å². The summed E-state index contributed by atoms with van der Waals surface area (Å²) in [5, 5.41) is 3.34. The summed E-state index contributed by atoms with van der Waals surface area (Å²) in [6, 6.07) is 1.18. The number of hydrogen-bond donors (Lipinski definition) is 0. The first-order valence-corrected chi connectivity index (χ1v) is 6.60. The van der Waals surface area contributed by atoms with Crippen molar-refractivity contribution in [3.05, 3.63) is 11.1 Å². The number of nitrogens with zero attached hydrogens (tertiary/aromatic N) is 2. The SMILES string of the molecule is Cl.ClCC1=CSC2=N[C@H]3CCCCC3N12. The van der Waals surface area contributed by atoms with Gasteiger partial charge >= 0.3 is 0 Å². The van der Waals surface area contributed by atoms with Crippen molar-refractivity contribution in [2.45, 2.75) is 37.8 Å². The zero-order valence-electron chi connectivity index (χ0n) is 8.36. The molecule has 0 bridgehead atoms. The van der Waals surface area contributed by atoms with Crippen molar-refractivity contribution < 1.29 is 0 Å². The monoisotopic (exact) mass is 264 g/mol. The molecule has 84 valence electrons. The molecule has 0 saturated heterocycles. The van der Waals surface area contributed by atoms with Crippen molar-refractivity contribution in [1.29, 1.82) is 0 Å². The molecule has 0 amide bonds. The maximum Gasteiger partial charge on any atom is 0.168 e. The van der Waals surface area contributed by atoms with Crippen LogP contribution in [0.1, 0.15) is 25.7 Å². The Morgan fingerprint density at radius 1 is 1.47 bits per heavy atom. The van der Waals surface area contributed by atoms with E-state index in [1.165, 1.54) is 36.5 Å². The van der Waals surface area contributed by atoms with Crippen molar-refractivity contribution in [1.82, 2.24) is 4.90 Å². The predicted molar refractivity (Wildman–Crippen MR) is 69.0 cm³/mol. The van der Waals surface area contributed by atoms with Gasteiger partial charge in [0.2, 0.25) is 0 Å². The third-order valence-electron chi connectivity index (χ3n) is 3.25. The second-order valence-electron chi connectivity index (χ2n) is 4.06. The Hall–Kier alpha value is 0.140. The predicted octanol–water partition coefficient (Wildman–Crippen LogP) is 3.22. The molecule has 1 fully saturated rings. The van der Waals surface area contributed by atoms with Gasteiger partial charge in [0, 0.05) is 5.70 Å². The van der Waals surface area contributed by atoms with Crippen molar-refractivity contribution in [3.63, 3.8) is 0 Å². The Labute approximate surface area is 106 Å². The van der Waals surface area contributed by atoms with Crippen LogP contribution in [0.4, 0.5) is 0 Å². The van der Waals surface area contributed by atoms with Crippen molar-refractivity contribution in [3.8, 4) is 0 Å². The highest BCUT2D eigenvalue weighted by atomic mass is 35.5. The van der Waals surface area contributed by atoms with Crippen LogP contribution < -0.4 is 0 Å². The topological polar surface area (TPSA) is 15.6 Å². The highest BCUT2D eigenvalue weighted by Crippen LogP contribution is 2.40. The smallest absolute Gasteiger partial charge is 0.168 e. The standard InChI is InChI=1S/C10H13ClN2S.ClH/c11-5-7-6-14-10-12-8-3-1-2-4-9(8)13(7)10;/h6,8-9H,1-5H2;1H/t8-,9?;/m0./s1. The summed E-state index contributed by atoms with van der Waals surface area (Å²) in [6.45, 7) is 0. The zero-order chi connectivity index (χ0) is 9.54. The molecule has 15 heavy (non-hydrogen) atoms. The second-order valence-corrected chi connectivity index (χ2v) is 5.17. The first-order chi connectivity index (χ1) is 6.90. The number of rotatable bonds is 1. The number of alkyl halides is 1. The van der Waals surface area contributed by atoms with Crippen LogP contribution in [0.15, 0.2) is 16.1 Å². The van der Waals surface area contributed by atoms with E-state index in [1.807, 2.05) is 0 Å². The van der Waals surface area contributed by atoms with Crippen LogP contribution in [-0.2, 0) is 0 Å². The quantitative estimate of drug-likeness (QED) is 0.676. The van der Waals surface area contributed by atoms with Crippen LogP contribution in [0.25, 0.3) is 0 Å². The highest BCUT2D eigenvalue weighted by molar-refractivity contribution is 8.16. The maximum atomic E-state index is 5.93. The van der Waals surface area contributed by atoms with E-state index in [4.69, 9.17) is 16.6 Å². The average Bonchev–Trinajstić information content (AvgIpc) is 2.75. The Kier molecular flexibility index (Phi) is 3.53. The van der Waals surface area contributed by atoms with E-state index in [2.05, 4.69) is 10.3 Å². The molecule has 0 radical (unpaired) electrons. The van der Waals surface area contributed by atoms with E-state index in [-0.39, 0.29) is 12.4 Å². The third-order valence-corrected chi connectivity index (χ3v) is 4.43. The van der Waals surface area contributed by atoms with Crippen molar-refractivity contribution in [2.75, 3.05) is 5.88 Å². The lowest BCUT2D eigenvalue weighted by Crippen LogP contribution is -2.38. The van der Waals surface area contributed by atoms with Gasteiger partial charge < -0.3 is 4.90 Å². The lowest BCUT2D eigenvalue weighted by Gasteiger charge is -2.31. The number of amidine groups is 1. The molecule has 0 aromatic rings. The molecule has 2 heterocycles. The summed E-state index contributed by atoms with van der Waals surface area (Å²) in [4.78, 5) is 7.14. The fraction of sp³-hybridized carbons (Fsp3) is 0.700. The lowest BCUT2D eigenvalue weighted by molar-refractivity contribution is 0.285. The molecule has 1 aliphatic carbocycles. The van der Waals surface area contributed by atoms with Gasteiger partial charge in [-0.3, -0.25) is 4.99 Å². The maximum absolute atomic E-state index is 5.93. The van der Waals surface area contributed by atoms with Gasteiger partial charge in [-0.1, -0.05) is 24.6 Å². The molecule has 2 atom stereocenters. The van der Waals surface area contributed by atoms with E-state index in [1.54, 1.807) is 11.8 Å². The first kappa shape index (κ1) is 11.6. The number of aliphatic imine (C=N–C) groups is 1. The summed E-state index contributed by atoms with van der Waals surface area (Å²) in [5.74, 6) is 0.620. The van der Waals surface area contributed by atoms with Crippen LogP contribution in [-0.4, -0.2) is 28.0 Å². The minimum absolute atomic E-state index is 0. The summed E-state index contributed by atoms with van der Waals surface area (Å²) in [7, 11) is 0. The van der Waals surface area contributed by atoms with Gasteiger partial charge in [-0.2, -0.15) is 0 Å². The molecule has 0 spiro atoms. The Balaban J connectivity index is 0.000000853. The van der Waals surface area contributed by atoms with Crippen LogP contribution in [0.5, 0.6) is 0 Å². The van der Waals surface area contributed by atoms with Crippen LogP contribution in [0.3, 0.4) is 0 Å². The molecule has 0 aromatic heterocycles. The largest absolute Gasteiger partial charge is 0.318 e. The van der Waals surface area contributed by atoms with Crippen LogP contribution in [0, 0.1) is 0 Å². The van der Waals surface area contributed by atoms with Crippen LogP contribution in [0.2, 0.25) is 0 Å². The number of fused-ring (bicyclic) bond motifs is 3. The summed E-state index contributed by atoms with van der Waals surface area (Å²) in [6.07, 6.45) is 5.24. The van der Waals surface area contributed by atoms with Crippen LogP contribution >= 0.6 is 35.8 Å². The molecule has 1 saturated carbocycles. The Morgan fingerprint density at radius 3 is 3.07 bits per heavy atom. The molecule has 0 aromatic carbocycles. The highest BCUT2D eigenvalue weighted by Gasteiger charge is 2.41. The molecule has 1 unspecified atom stereocenters. The number of thioether (sulfide) groups is 1. The van der Waals surface area contributed by atoms with E-state index in [9.17, 15) is 0 Å². The zero-order valence-corrected chi connectivity index (χ0v) is 10.7. The van der Waals surface area contributed by atoms with E-state index in [0.717, 1.165) is 0 Å². The van der Waals surface area contributed by atoms with Gasteiger partial charge in [0.05, 0.1) is 18.0 Å². The third kappa shape index (κ3) is 1.79. The number of halogens is 2. The van der Waals surface area contributed by atoms with E-state index in [0.29, 0.717) is 18.0 Å². The van der Waals surface area contributed by atoms with E-state index >= 15 is 0 Å². The van der Waals surface area contributed by atoms with Crippen molar-refractivity contribution >= 4 is 40.9 Å². The minimum atomic E-state index is 0. The molecule has 5 heteroatoms. The second kappa shape index (κ2) is 4.56. The fourth-order valence-electron chi connectivity index (χ4n) is 2.59. The average molecular weight is 265 g/mol. The molecule has 3 rings (SSSR count). The van der Waals surface area contributed by atoms with Gasteiger partial charge in [-0.25, -0.2) is 0 Å². The Morgan fingerprint density at radius 2 is 2.27 bits per heavy atom. The Bertz CT molecular complexity index is 317. The molecular formula is C10H14Cl2N2S. The number of hydrogen-bond acceptors (Lipinski definition) is 3. The minimum Gasteiger partial charge on any atom is -0.318 e. The molecule has 3 aliphatic rings. The normalized spacial score (nSPS) is 32.7. The van der Waals surface area contributed by atoms with Gasteiger partial charge in [0.1, 0.15) is 0 Å². The van der Waals surface area contributed by atoms with Gasteiger partial charge in [0.25, 0.3) is 0 Å². The summed E-state index contributed by atoms with van der Waals surface area (Å²) in [5.41, 5.74) is 1.25. The van der Waals surface area contributed by atoms with E-state index < -0.39 is 0 Å². The first-order valence-electron chi connectivity index (χ1n) is 5.19. The van der Waals surface area contributed by atoms with Gasteiger partial charge in [-0.15, -0.1) is 24.0 Å².